The third-order valence-corrected chi connectivity index (χ3v) is 1.71. The SMILES string of the molecule is Cc1cccc(COS(=O)[O-])c1. The van der Waals surface area contributed by atoms with Gasteiger partial charge < -0.3 is 4.55 Å². The van der Waals surface area contributed by atoms with Crippen LogP contribution in [-0.2, 0) is 22.2 Å². The van der Waals surface area contributed by atoms with E-state index >= 15 is 0 Å². The topological polar surface area (TPSA) is 49.4 Å². The molecule has 0 saturated heterocycles. The lowest BCUT2D eigenvalue weighted by Gasteiger charge is -2.05. The molecule has 0 fully saturated rings. The van der Waals surface area contributed by atoms with Crippen LogP contribution < -0.4 is 0 Å². The Balaban J connectivity index is 2.57. The minimum absolute atomic E-state index is 0.109. The van der Waals surface area contributed by atoms with Crippen LogP contribution in [0.1, 0.15) is 11.1 Å². The standard InChI is InChI=1S/C8H10O3S/c1-7-3-2-4-8(5-7)6-11-12(9)10/h2-5H,6H2,1H3,(H,9,10)/p-1. The monoisotopic (exact) mass is 185 g/mol. The molecule has 0 N–H and O–H groups in total. The first-order chi connectivity index (χ1) is 5.68. The van der Waals surface area contributed by atoms with E-state index in [2.05, 4.69) is 4.18 Å². The van der Waals surface area contributed by atoms with E-state index in [1.54, 1.807) is 0 Å². The first kappa shape index (κ1) is 9.38. The molecule has 0 amide bonds. The zero-order valence-electron chi connectivity index (χ0n) is 6.65. The van der Waals surface area contributed by atoms with Crippen LogP contribution in [0.2, 0.25) is 0 Å². The summed E-state index contributed by atoms with van der Waals surface area (Å²) in [6.07, 6.45) is 0. The van der Waals surface area contributed by atoms with Crippen molar-refractivity contribution in [1.29, 1.82) is 0 Å². The molecule has 66 valence electrons. The first-order valence-corrected chi connectivity index (χ1v) is 4.46. The van der Waals surface area contributed by atoms with E-state index in [1.807, 2.05) is 31.2 Å². The molecule has 1 aromatic carbocycles. The molecule has 4 heteroatoms. The van der Waals surface area contributed by atoms with E-state index in [1.165, 1.54) is 0 Å². The average Bonchev–Trinajstić information content (AvgIpc) is 2.01. The molecule has 1 rings (SSSR count). The lowest BCUT2D eigenvalue weighted by molar-refractivity contribution is 0.291. The summed E-state index contributed by atoms with van der Waals surface area (Å²) in [5.41, 5.74) is 1.95. The summed E-state index contributed by atoms with van der Waals surface area (Å²) in [6.45, 7) is 2.05. The number of benzene rings is 1. The molecule has 0 bridgehead atoms. The Morgan fingerprint density at radius 2 is 2.33 bits per heavy atom. The number of hydrogen-bond acceptors (Lipinski definition) is 3. The van der Waals surface area contributed by atoms with Gasteiger partial charge >= 0.3 is 0 Å². The summed E-state index contributed by atoms with van der Waals surface area (Å²) in [7, 11) is 0. The number of hydrogen-bond donors (Lipinski definition) is 0. The quantitative estimate of drug-likeness (QED) is 0.667. The van der Waals surface area contributed by atoms with Crippen molar-refractivity contribution < 1.29 is 12.9 Å². The van der Waals surface area contributed by atoms with Gasteiger partial charge in [-0.3, -0.25) is 4.18 Å². The molecule has 0 spiro atoms. The van der Waals surface area contributed by atoms with Gasteiger partial charge in [0.25, 0.3) is 0 Å². The molecule has 1 unspecified atom stereocenters. The van der Waals surface area contributed by atoms with Gasteiger partial charge in [-0.2, -0.15) is 0 Å². The van der Waals surface area contributed by atoms with Gasteiger partial charge in [0, 0.05) is 0 Å². The molecule has 0 aliphatic carbocycles. The van der Waals surface area contributed by atoms with Gasteiger partial charge in [0.1, 0.15) is 0 Å². The highest BCUT2D eigenvalue weighted by Gasteiger charge is 1.92. The number of rotatable bonds is 3. The van der Waals surface area contributed by atoms with Gasteiger partial charge in [-0.1, -0.05) is 29.8 Å². The van der Waals surface area contributed by atoms with Gasteiger partial charge in [-0.05, 0) is 12.5 Å². The summed E-state index contributed by atoms with van der Waals surface area (Å²) in [6, 6.07) is 7.51. The summed E-state index contributed by atoms with van der Waals surface area (Å²) >= 11 is -2.42. The predicted octanol–water partition coefficient (Wildman–Crippen LogP) is 1.31. The van der Waals surface area contributed by atoms with Crippen molar-refractivity contribution in [2.24, 2.45) is 0 Å². The highest BCUT2D eigenvalue weighted by atomic mass is 32.2. The first-order valence-electron chi connectivity index (χ1n) is 3.46. The van der Waals surface area contributed by atoms with Crippen LogP contribution in [0, 0.1) is 6.92 Å². The minimum atomic E-state index is -2.42. The van der Waals surface area contributed by atoms with Crippen molar-refractivity contribution in [3.05, 3.63) is 35.4 Å². The fraction of sp³-hybridized carbons (Fsp3) is 0.250. The fourth-order valence-corrected chi connectivity index (χ4v) is 1.15. The second-order valence-corrected chi connectivity index (χ2v) is 3.10. The largest absolute Gasteiger partial charge is 0.750 e. The van der Waals surface area contributed by atoms with Gasteiger partial charge in [0.2, 0.25) is 0 Å². The molecule has 0 radical (unpaired) electrons. The van der Waals surface area contributed by atoms with E-state index in [0.29, 0.717) is 0 Å². The molecule has 1 atom stereocenters. The van der Waals surface area contributed by atoms with E-state index in [4.69, 9.17) is 0 Å². The molecule has 1 aromatic rings. The van der Waals surface area contributed by atoms with Gasteiger partial charge in [-0.15, -0.1) is 0 Å². The van der Waals surface area contributed by atoms with Gasteiger partial charge in [0.15, 0.2) is 0 Å². The average molecular weight is 185 g/mol. The van der Waals surface area contributed by atoms with Crippen molar-refractivity contribution in [1.82, 2.24) is 0 Å². The van der Waals surface area contributed by atoms with Crippen LogP contribution in [0.15, 0.2) is 24.3 Å². The molecular weight excluding hydrogens is 176 g/mol. The zero-order valence-corrected chi connectivity index (χ0v) is 7.47. The van der Waals surface area contributed by atoms with E-state index < -0.39 is 11.4 Å². The summed E-state index contributed by atoms with van der Waals surface area (Å²) in [5.74, 6) is 0. The van der Waals surface area contributed by atoms with E-state index in [0.717, 1.165) is 11.1 Å². The highest BCUT2D eigenvalue weighted by Crippen LogP contribution is 2.05. The third kappa shape index (κ3) is 3.13. The Hall–Kier alpha value is -0.710. The molecule has 12 heavy (non-hydrogen) atoms. The van der Waals surface area contributed by atoms with Crippen molar-refractivity contribution in [2.45, 2.75) is 13.5 Å². The normalized spacial score (nSPS) is 12.8. The maximum absolute atomic E-state index is 10.0. The highest BCUT2D eigenvalue weighted by molar-refractivity contribution is 7.74. The third-order valence-electron chi connectivity index (χ3n) is 1.40. The summed E-state index contributed by atoms with van der Waals surface area (Å²) in [5, 5.41) is 0. The summed E-state index contributed by atoms with van der Waals surface area (Å²) in [4.78, 5) is 0. The second-order valence-electron chi connectivity index (χ2n) is 2.46. The van der Waals surface area contributed by atoms with Crippen LogP contribution in [-0.4, -0.2) is 8.76 Å². The molecule has 0 heterocycles. The molecule has 0 aliphatic heterocycles. The Morgan fingerprint density at radius 3 is 2.92 bits per heavy atom. The lowest BCUT2D eigenvalue weighted by Crippen LogP contribution is -1.95. The van der Waals surface area contributed by atoms with Crippen LogP contribution in [0.4, 0.5) is 0 Å². The zero-order chi connectivity index (χ0) is 8.97. The van der Waals surface area contributed by atoms with Gasteiger partial charge in [-0.25, -0.2) is 4.21 Å². The summed E-state index contributed by atoms with van der Waals surface area (Å²) < 4.78 is 24.5. The molecule has 0 saturated carbocycles. The predicted molar refractivity (Wildman–Crippen MR) is 44.9 cm³/mol. The van der Waals surface area contributed by atoms with Crippen molar-refractivity contribution >= 4 is 11.4 Å². The molecular formula is C8H9O3S-. The van der Waals surface area contributed by atoms with E-state index in [9.17, 15) is 8.76 Å². The maximum Gasteiger partial charge on any atom is 0.0879 e. The Bertz CT molecular complexity index is 285. The van der Waals surface area contributed by atoms with Crippen LogP contribution in [0.3, 0.4) is 0 Å². The van der Waals surface area contributed by atoms with Crippen LogP contribution in [0.25, 0.3) is 0 Å². The maximum atomic E-state index is 10.0. The Kier molecular flexibility index (Phi) is 3.40. The van der Waals surface area contributed by atoms with E-state index in [-0.39, 0.29) is 6.61 Å². The van der Waals surface area contributed by atoms with Crippen LogP contribution in [0.5, 0.6) is 0 Å². The number of aryl methyl sites for hydroxylation is 1. The minimum Gasteiger partial charge on any atom is -0.750 e. The van der Waals surface area contributed by atoms with Gasteiger partial charge in [0.05, 0.1) is 18.0 Å². The van der Waals surface area contributed by atoms with Crippen LogP contribution >= 0.6 is 0 Å². The van der Waals surface area contributed by atoms with Crippen molar-refractivity contribution in [3.8, 4) is 0 Å². The lowest BCUT2D eigenvalue weighted by atomic mass is 10.1. The Labute approximate surface area is 73.9 Å². The molecule has 0 aliphatic rings. The fourth-order valence-electron chi connectivity index (χ4n) is 0.918. The second kappa shape index (κ2) is 4.35. The molecule has 0 aromatic heterocycles. The molecule has 3 nitrogen and oxygen atoms in total. The smallest absolute Gasteiger partial charge is 0.0879 e. The van der Waals surface area contributed by atoms with Crippen molar-refractivity contribution in [3.63, 3.8) is 0 Å². The van der Waals surface area contributed by atoms with Crippen molar-refractivity contribution in [2.75, 3.05) is 0 Å². The Morgan fingerprint density at radius 1 is 1.58 bits per heavy atom.